The van der Waals surface area contributed by atoms with Crippen LogP contribution in [0.1, 0.15) is 22.3 Å². The van der Waals surface area contributed by atoms with Gasteiger partial charge in [0.05, 0.1) is 5.69 Å². The van der Waals surface area contributed by atoms with Crippen LogP contribution >= 0.6 is 11.8 Å². The van der Waals surface area contributed by atoms with E-state index in [0.29, 0.717) is 0 Å². The van der Waals surface area contributed by atoms with Crippen molar-refractivity contribution < 1.29 is 0 Å². The lowest BCUT2D eigenvalue weighted by atomic mass is 10.0. The molecule has 0 fully saturated rings. The Kier molecular flexibility index (Phi) is 4.64. The van der Waals surface area contributed by atoms with Crippen LogP contribution in [-0.4, -0.2) is 24.2 Å². The first-order chi connectivity index (χ1) is 14.6. The average Bonchev–Trinajstić information content (AvgIpc) is 3.38. The maximum absolute atomic E-state index is 4.74. The van der Waals surface area contributed by atoms with Gasteiger partial charge in [0.15, 0.2) is 10.8 Å². The van der Waals surface area contributed by atoms with Crippen molar-refractivity contribution in [1.29, 1.82) is 0 Å². The molecular weight excluding hydrogens is 390 g/mol. The highest BCUT2D eigenvalue weighted by molar-refractivity contribution is 7.98. The predicted octanol–water partition coefficient (Wildman–Crippen LogP) is 5.60. The molecule has 0 saturated heterocycles. The molecule has 0 radical (unpaired) electrons. The van der Waals surface area contributed by atoms with E-state index in [2.05, 4.69) is 79.2 Å². The fraction of sp³-hybridized carbons (Fsp3) is 0.125. The van der Waals surface area contributed by atoms with E-state index < -0.39 is 0 Å². The Morgan fingerprint density at radius 3 is 2.57 bits per heavy atom. The van der Waals surface area contributed by atoms with Crippen LogP contribution in [0.15, 0.2) is 72.7 Å². The van der Waals surface area contributed by atoms with Crippen molar-refractivity contribution >= 4 is 29.0 Å². The summed E-state index contributed by atoms with van der Waals surface area (Å²) in [7, 11) is 0. The molecule has 6 heteroatoms. The molecule has 5 aromatic rings. The summed E-state index contributed by atoms with van der Waals surface area (Å²) >= 11 is 1.67. The number of aryl methyl sites for hydroxylation is 2. The molecule has 0 amide bonds. The lowest BCUT2D eigenvalue weighted by molar-refractivity contribution is 0.895. The molecule has 0 unspecified atom stereocenters. The highest BCUT2D eigenvalue weighted by atomic mass is 32.2. The molecule has 0 spiro atoms. The zero-order valence-corrected chi connectivity index (χ0v) is 17.7. The van der Waals surface area contributed by atoms with Gasteiger partial charge >= 0.3 is 0 Å². The van der Waals surface area contributed by atoms with Crippen LogP contribution in [0.25, 0.3) is 28.5 Å². The van der Waals surface area contributed by atoms with Gasteiger partial charge in [-0.3, -0.25) is 4.40 Å². The normalized spacial score (nSPS) is 11.4. The highest BCUT2D eigenvalue weighted by Gasteiger charge is 2.13. The van der Waals surface area contributed by atoms with Gasteiger partial charge in [-0.05, 0) is 48.2 Å². The first-order valence-corrected chi connectivity index (χ1v) is 10.8. The minimum atomic E-state index is 0.810. The number of hydrogen-bond donors (Lipinski definition) is 0. The van der Waals surface area contributed by atoms with E-state index in [1.54, 1.807) is 11.8 Å². The lowest BCUT2D eigenvalue weighted by Gasteiger charge is -2.02. The Morgan fingerprint density at radius 2 is 1.80 bits per heavy atom. The van der Waals surface area contributed by atoms with E-state index in [9.17, 15) is 0 Å². The van der Waals surface area contributed by atoms with E-state index in [0.717, 1.165) is 38.9 Å². The van der Waals surface area contributed by atoms with Gasteiger partial charge in [0, 0.05) is 23.7 Å². The summed E-state index contributed by atoms with van der Waals surface area (Å²) in [4.78, 5) is 0. The molecule has 0 N–H and O–H groups in total. The van der Waals surface area contributed by atoms with E-state index in [4.69, 9.17) is 5.10 Å². The third-order valence-corrected chi connectivity index (χ3v) is 6.39. The smallest absolute Gasteiger partial charge is 0.196 e. The Hall–Kier alpha value is -3.38. The monoisotopic (exact) mass is 411 g/mol. The number of fused-ring (bicyclic) bond motifs is 3. The minimum Gasteiger partial charge on any atom is -0.274 e. The number of hydrogen-bond acceptors (Lipinski definition) is 4. The van der Waals surface area contributed by atoms with Crippen LogP contribution in [0.4, 0.5) is 0 Å². The molecule has 0 atom stereocenters. The Balaban J connectivity index is 1.47. The number of benzene rings is 2. The van der Waals surface area contributed by atoms with E-state index >= 15 is 0 Å². The predicted molar refractivity (Wildman–Crippen MR) is 123 cm³/mol. The molecule has 3 aromatic heterocycles. The SMILES string of the molecule is C=Cc1ccc(CSc2nnc3c4cc(-c5ccc(C)c(C)c5)nn4ccn23)cc1. The van der Waals surface area contributed by atoms with Gasteiger partial charge in [-0.15, -0.1) is 10.2 Å². The molecule has 148 valence electrons. The summed E-state index contributed by atoms with van der Waals surface area (Å²) in [5.41, 5.74) is 8.71. The summed E-state index contributed by atoms with van der Waals surface area (Å²) in [5, 5.41) is 14.5. The molecule has 0 bridgehead atoms. The largest absolute Gasteiger partial charge is 0.274 e. The summed E-state index contributed by atoms with van der Waals surface area (Å²) < 4.78 is 3.90. The van der Waals surface area contributed by atoms with Crippen molar-refractivity contribution in [2.45, 2.75) is 24.8 Å². The number of nitrogens with zero attached hydrogens (tertiary/aromatic N) is 5. The van der Waals surface area contributed by atoms with Gasteiger partial charge in [-0.2, -0.15) is 5.10 Å². The number of rotatable bonds is 5. The average molecular weight is 412 g/mol. The van der Waals surface area contributed by atoms with Gasteiger partial charge in [-0.25, -0.2) is 4.52 Å². The van der Waals surface area contributed by atoms with Crippen molar-refractivity contribution in [3.8, 4) is 11.3 Å². The third-order valence-electron chi connectivity index (χ3n) is 5.37. The van der Waals surface area contributed by atoms with Gasteiger partial charge in [0.25, 0.3) is 0 Å². The summed E-state index contributed by atoms with van der Waals surface area (Å²) in [6, 6.07) is 16.9. The van der Waals surface area contributed by atoms with E-state index in [1.807, 2.05) is 27.4 Å². The second-order valence-electron chi connectivity index (χ2n) is 7.37. The first-order valence-electron chi connectivity index (χ1n) is 9.77. The molecule has 3 heterocycles. The minimum absolute atomic E-state index is 0.810. The molecular formula is C24H21N5S. The van der Waals surface area contributed by atoms with Crippen LogP contribution in [0, 0.1) is 13.8 Å². The summed E-state index contributed by atoms with van der Waals surface area (Å²) in [6.07, 6.45) is 5.79. The molecule has 5 rings (SSSR count). The standard InChI is InChI=1S/C24H21N5S/c1-4-18-6-8-19(9-7-18)15-30-24-26-25-23-22-14-21(27-29(22)12-11-28(23)24)20-10-5-16(2)17(3)13-20/h4-14H,1,15H2,2-3H3. The maximum Gasteiger partial charge on any atom is 0.196 e. The number of thioether (sulfide) groups is 1. The molecule has 0 saturated carbocycles. The second-order valence-corrected chi connectivity index (χ2v) is 8.31. The van der Waals surface area contributed by atoms with E-state index in [-0.39, 0.29) is 0 Å². The summed E-state index contributed by atoms with van der Waals surface area (Å²) in [6.45, 7) is 8.05. The Morgan fingerprint density at radius 1 is 0.967 bits per heavy atom. The van der Waals surface area contributed by atoms with Crippen LogP contribution < -0.4 is 0 Å². The third kappa shape index (κ3) is 3.29. The van der Waals surface area contributed by atoms with Crippen LogP contribution in [0.2, 0.25) is 0 Å². The van der Waals surface area contributed by atoms with Crippen molar-refractivity contribution in [2.24, 2.45) is 0 Å². The molecule has 0 aliphatic rings. The number of aromatic nitrogens is 5. The Labute approximate surface area is 179 Å². The molecule has 2 aromatic carbocycles. The van der Waals surface area contributed by atoms with Crippen molar-refractivity contribution in [3.05, 3.63) is 89.8 Å². The van der Waals surface area contributed by atoms with Crippen LogP contribution in [-0.2, 0) is 5.75 Å². The quantitative estimate of drug-likeness (QED) is 0.353. The highest BCUT2D eigenvalue weighted by Crippen LogP contribution is 2.27. The molecule has 5 nitrogen and oxygen atoms in total. The van der Waals surface area contributed by atoms with Crippen molar-refractivity contribution in [3.63, 3.8) is 0 Å². The fourth-order valence-corrected chi connectivity index (χ4v) is 4.30. The molecule has 0 aliphatic carbocycles. The first kappa shape index (κ1) is 18.6. The Bertz CT molecular complexity index is 1380. The van der Waals surface area contributed by atoms with Crippen LogP contribution in [0.3, 0.4) is 0 Å². The van der Waals surface area contributed by atoms with Crippen molar-refractivity contribution in [1.82, 2.24) is 24.2 Å². The second kappa shape index (κ2) is 7.46. The molecule has 30 heavy (non-hydrogen) atoms. The van der Waals surface area contributed by atoms with E-state index in [1.165, 1.54) is 16.7 Å². The van der Waals surface area contributed by atoms with Gasteiger partial charge in [0.1, 0.15) is 5.52 Å². The lowest BCUT2D eigenvalue weighted by Crippen LogP contribution is -1.94. The van der Waals surface area contributed by atoms with Gasteiger partial charge < -0.3 is 0 Å². The molecule has 0 aliphatic heterocycles. The zero-order valence-electron chi connectivity index (χ0n) is 16.9. The topological polar surface area (TPSA) is 47.5 Å². The van der Waals surface area contributed by atoms with Crippen LogP contribution in [0.5, 0.6) is 0 Å². The maximum atomic E-state index is 4.74. The summed E-state index contributed by atoms with van der Waals surface area (Å²) in [5.74, 6) is 0.830. The van der Waals surface area contributed by atoms with Gasteiger partial charge in [-0.1, -0.05) is 60.8 Å². The zero-order chi connectivity index (χ0) is 20.7. The fourth-order valence-electron chi connectivity index (χ4n) is 3.43. The van der Waals surface area contributed by atoms with Crippen molar-refractivity contribution in [2.75, 3.05) is 0 Å². The van der Waals surface area contributed by atoms with Gasteiger partial charge in [0.2, 0.25) is 0 Å².